The minimum absolute atomic E-state index is 0.0483. The molecule has 4 atom stereocenters. The number of nitrogens with zero attached hydrogens (tertiary/aromatic N) is 3. The van der Waals surface area contributed by atoms with E-state index >= 15 is 0 Å². The first-order valence-electron chi connectivity index (χ1n) is 12.5. The molecule has 2 aliphatic rings. The molecule has 1 unspecified atom stereocenters. The maximum atomic E-state index is 14.0. The van der Waals surface area contributed by atoms with Gasteiger partial charge in [-0.05, 0) is 29.4 Å². The fourth-order valence-electron chi connectivity index (χ4n) is 5.23. The van der Waals surface area contributed by atoms with Crippen LogP contribution in [0.2, 0.25) is 0 Å². The number of anilines is 1. The Bertz CT molecular complexity index is 1120. The molecule has 0 saturated carbocycles. The van der Waals surface area contributed by atoms with Crippen molar-refractivity contribution in [2.24, 2.45) is 11.3 Å². The monoisotopic (exact) mass is 511 g/mol. The Morgan fingerprint density at radius 2 is 1.95 bits per heavy atom. The van der Waals surface area contributed by atoms with Gasteiger partial charge in [0.2, 0.25) is 17.7 Å². The molecule has 2 heterocycles. The zero-order valence-electron chi connectivity index (χ0n) is 22.6. The van der Waals surface area contributed by atoms with Crippen molar-refractivity contribution < 1.29 is 23.9 Å². The van der Waals surface area contributed by atoms with E-state index in [2.05, 4.69) is 16.7 Å². The molecule has 4 amide bonds. The van der Waals surface area contributed by atoms with Crippen molar-refractivity contribution in [1.82, 2.24) is 15.1 Å². The van der Waals surface area contributed by atoms with Crippen LogP contribution < -0.4 is 10.6 Å². The van der Waals surface area contributed by atoms with Crippen molar-refractivity contribution in [3.05, 3.63) is 29.8 Å². The van der Waals surface area contributed by atoms with E-state index < -0.39 is 46.9 Å². The lowest BCUT2D eigenvalue weighted by atomic mass is 9.80. The summed E-state index contributed by atoms with van der Waals surface area (Å²) >= 11 is 0. The number of ether oxygens (including phenoxy) is 1. The third-order valence-corrected chi connectivity index (χ3v) is 7.27. The molecule has 0 radical (unpaired) electrons. The van der Waals surface area contributed by atoms with Crippen LogP contribution in [0.5, 0.6) is 0 Å². The number of amides is 4. The summed E-state index contributed by atoms with van der Waals surface area (Å²) in [6, 6.07) is 6.86. The van der Waals surface area contributed by atoms with Crippen LogP contribution in [0.4, 0.5) is 10.5 Å². The summed E-state index contributed by atoms with van der Waals surface area (Å²) < 4.78 is 4.71. The van der Waals surface area contributed by atoms with Gasteiger partial charge in [0.05, 0.1) is 18.6 Å². The number of rotatable bonds is 6. The number of fused-ring (bicyclic) bond motifs is 2. The number of benzene rings is 1. The highest BCUT2D eigenvalue weighted by Gasteiger charge is 2.56. The first-order valence-corrected chi connectivity index (χ1v) is 12.5. The number of methoxy groups -OCH3 is 1. The van der Waals surface area contributed by atoms with Crippen LogP contribution in [0.3, 0.4) is 0 Å². The largest absolute Gasteiger partial charge is 0.453 e. The number of likely N-dealkylation sites (tertiary alicyclic amines) is 1. The average molecular weight is 512 g/mol. The normalized spacial score (nSPS) is 22.2. The van der Waals surface area contributed by atoms with Crippen LogP contribution in [0.15, 0.2) is 24.3 Å². The van der Waals surface area contributed by atoms with Crippen LogP contribution in [-0.2, 0) is 24.5 Å². The van der Waals surface area contributed by atoms with Crippen LogP contribution in [0.25, 0.3) is 0 Å². The molecule has 1 aromatic rings. The molecule has 1 aromatic carbocycles. The first-order chi connectivity index (χ1) is 17.3. The van der Waals surface area contributed by atoms with E-state index in [1.54, 1.807) is 0 Å². The lowest BCUT2D eigenvalue weighted by Crippen LogP contribution is -2.59. The molecule has 37 heavy (non-hydrogen) atoms. The summed E-state index contributed by atoms with van der Waals surface area (Å²) in [5, 5.41) is 15.5. The Labute approximate surface area is 218 Å². The minimum atomic E-state index is -1.02. The molecule has 10 nitrogen and oxygen atoms in total. The Morgan fingerprint density at radius 3 is 2.51 bits per heavy atom. The highest BCUT2D eigenvalue weighted by atomic mass is 16.5. The number of nitrogens with one attached hydrogen (secondary N) is 2. The van der Waals surface area contributed by atoms with Crippen molar-refractivity contribution in [3.8, 4) is 6.07 Å². The van der Waals surface area contributed by atoms with E-state index in [0.717, 1.165) is 5.56 Å². The molecule has 0 bridgehead atoms. The van der Waals surface area contributed by atoms with Crippen molar-refractivity contribution in [3.63, 3.8) is 0 Å². The number of hydrogen-bond donors (Lipinski definition) is 2. The SMILES string of the molecule is COC(=O)NC(C(=O)N(C)[C@@H](CC(C)C)C(=O)N1C[C@]2(C[C@H]1C#N)C(=O)Nc1ccccc12)C(C)(C)C. The molecule has 0 aliphatic carbocycles. The Morgan fingerprint density at radius 1 is 1.30 bits per heavy atom. The summed E-state index contributed by atoms with van der Waals surface area (Å²) in [5.41, 5.74) is -0.219. The number of para-hydroxylation sites is 1. The van der Waals surface area contributed by atoms with Gasteiger partial charge in [0.25, 0.3) is 0 Å². The molecule has 1 fully saturated rings. The molecule has 2 aliphatic heterocycles. The maximum absolute atomic E-state index is 14.0. The van der Waals surface area contributed by atoms with Gasteiger partial charge in [0.15, 0.2) is 0 Å². The summed E-state index contributed by atoms with van der Waals surface area (Å²) in [6.45, 7) is 9.37. The summed E-state index contributed by atoms with van der Waals surface area (Å²) in [5.74, 6) is -1.01. The van der Waals surface area contributed by atoms with Crippen molar-refractivity contribution in [2.75, 3.05) is 26.0 Å². The van der Waals surface area contributed by atoms with Gasteiger partial charge >= 0.3 is 6.09 Å². The van der Waals surface area contributed by atoms with Crippen molar-refractivity contribution >= 4 is 29.5 Å². The second-order valence-corrected chi connectivity index (χ2v) is 11.4. The van der Waals surface area contributed by atoms with Gasteiger partial charge in [-0.25, -0.2) is 4.79 Å². The quantitative estimate of drug-likeness (QED) is 0.604. The van der Waals surface area contributed by atoms with E-state index in [1.807, 2.05) is 58.9 Å². The third kappa shape index (κ3) is 5.26. The van der Waals surface area contributed by atoms with Crippen LogP contribution >= 0.6 is 0 Å². The van der Waals surface area contributed by atoms with E-state index in [0.29, 0.717) is 12.1 Å². The number of carbonyl (C=O) groups excluding carboxylic acids is 4. The first kappa shape index (κ1) is 28.0. The van der Waals surface area contributed by atoms with Crippen LogP contribution in [0.1, 0.15) is 53.0 Å². The highest BCUT2D eigenvalue weighted by Crippen LogP contribution is 2.46. The van der Waals surface area contributed by atoms with Gasteiger partial charge in [0, 0.05) is 25.7 Å². The number of nitriles is 1. The second kappa shape index (κ2) is 10.4. The summed E-state index contributed by atoms with van der Waals surface area (Å²) in [4.78, 5) is 55.6. The molecule has 200 valence electrons. The number of alkyl carbamates (subject to hydrolysis) is 1. The Kier molecular flexibility index (Phi) is 7.86. The predicted molar refractivity (Wildman–Crippen MR) is 137 cm³/mol. The van der Waals surface area contributed by atoms with E-state index in [-0.39, 0.29) is 24.8 Å². The van der Waals surface area contributed by atoms with Gasteiger partial charge in [-0.2, -0.15) is 5.26 Å². The number of likely N-dealkylation sites (N-methyl/N-ethyl adjacent to an activating group) is 1. The molecule has 1 spiro atoms. The zero-order chi connectivity index (χ0) is 27.7. The van der Waals surface area contributed by atoms with E-state index in [9.17, 15) is 24.4 Å². The minimum Gasteiger partial charge on any atom is -0.453 e. The van der Waals surface area contributed by atoms with Gasteiger partial charge in [-0.3, -0.25) is 14.4 Å². The highest BCUT2D eigenvalue weighted by molar-refractivity contribution is 6.07. The fourth-order valence-corrected chi connectivity index (χ4v) is 5.23. The smallest absolute Gasteiger partial charge is 0.407 e. The summed E-state index contributed by atoms with van der Waals surface area (Å²) in [7, 11) is 2.76. The average Bonchev–Trinajstić information content (AvgIpc) is 3.37. The molecular weight excluding hydrogens is 474 g/mol. The third-order valence-electron chi connectivity index (χ3n) is 7.27. The topological polar surface area (TPSA) is 132 Å². The van der Waals surface area contributed by atoms with Crippen molar-refractivity contribution in [1.29, 1.82) is 5.26 Å². The van der Waals surface area contributed by atoms with E-state index in [1.165, 1.54) is 24.0 Å². The maximum Gasteiger partial charge on any atom is 0.407 e. The predicted octanol–water partition coefficient (Wildman–Crippen LogP) is 2.64. The van der Waals surface area contributed by atoms with Gasteiger partial charge in [0.1, 0.15) is 18.1 Å². The molecule has 1 saturated heterocycles. The van der Waals surface area contributed by atoms with Gasteiger partial charge < -0.3 is 25.2 Å². The van der Waals surface area contributed by atoms with E-state index in [4.69, 9.17) is 4.74 Å². The Hall–Kier alpha value is -3.61. The molecular formula is C27H37N5O5. The standard InChI is InChI=1S/C27H37N5O5/c1-16(2)12-20(31(6)23(34)21(26(3,4)5)30-25(36)37-7)22(33)32-15-27(13-17(32)14-28)18-10-8-9-11-19(18)29-24(27)35/h8-11,16-17,20-21H,12-13,15H2,1-7H3,(H,29,35)(H,30,36)/t17-,20-,21?,27-/m0/s1. The molecule has 2 N–H and O–H groups in total. The number of carbonyl (C=O) groups is 4. The molecule has 3 rings (SSSR count). The van der Waals surface area contributed by atoms with Crippen molar-refractivity contribution in [2.45, 2.75) is 71.0 Å². The lowest BCUT2D eigenvalue weighted by Gasteiger charge is -2.38. The van der Waals surface area contributed by atoms with Crippen LogP contribution in [0, 0.1) is 22.7 Å². The lowest BCUT2D eigenvalue weighted by molar-refractivity contribution is -0.147. The number of hydrogen-bond acceptors (Lipinski definition) is 6. The van der Waals surface area contributed by atoms with Gasteiger partial charge in [-0.15, -0.1) is 0 Å². The fraction of sp³-hybridized carbons (Fsp3) is 0.593. The Balaban J connectivity index is 1.95. The van der Waals surface area contributed by atoms with Crippen LogP contribution in [-0.4, -0.2) is 72.4 Å². The van der Waals surface area contributed by atoms with Gasteiger partial charge in [-0.1, -0.05) is 52.8 Å². The zero-order valence-corrected chi connectivity index (χ0v) is 22.6. The molecule has 10 heteroatoms. The summed E-state index contributed by atoms with van der Waals surface area (Å²) in [6.07, 6.45) is -0.218. The molecule has 0 aromatic heterocycles. The second-order valence-electron chi connectivity index (χ2n) is 11.4.